The molecule has 1 aromatic heterocycles. The number of nitrogens with two attached hydrogens (primary N) is 1. The molecule has 0 radical (unpaired) electrons. The maximum absolute atomic E-state index is 12.2. The van der Waals surface area contributed by atoms with Crippen molar-refractivity contribution in [3.8, 4) is 12.3 Å². The van der Waals surface area contributed by atoms with Crippen LogP contribution in [0.25, 0.3) is 0 Å². The predicted molar refractivity (Wildman–Crippen MR) is 65.6 cm³/mol. The summed E-state index contributed by atoms with van der Waals surface area (Å²) in [6, 6.07) is 0. The molecule has 1 heterocycles. The van der Waals surface area contributed by atoms with Crippen molar-refractivity contribution in [1.82, 2.24) is 4.31 Å². The van der Waals surface area contributed by atoms with Crippen molar-refractivity contribution in [2.24, 2.45) is 5.73 Å². The largest absolute Gasteiger partial charge is 0.326 e. The molecular weight excluding hydrogens is 244 g/mol. The first kappa shape index (κ1) is 13.2. The van der Waals surface area contributed by atoms with E-state index in [0.717, 1.165) is 4.31 Å². The lowest BCUT2D eigenvalue weighted by atomic mass is 10.3. The summed E-state index contributed by atoms with van der Waals surface area (Å²) in [6.45, 7) is 2.03. The number of hydrogen-bond acceptors (Lipinski definition) is 4. The van der Waals surface area contributed by atoms with Gasteiger partial charge in [-0.1, -0.05) is 5.92 Å². The molecule has 88 valence electrons. The minimum atomic E-state index is -3.51. The molecule has 0 bridgehead atoms. The van der Waals surface area contributed by atoms with E-state index in [1.807, 2.05) is 0 Å². The van der Waals surface area contributed by atoms with Crippen molar-refractivity contribution in [1.29, 1.82) is 0 Å². The van der Waals surface area contributed by atoms with Gasteiger partial charge < -0.3 is 5.73 Å². The van der Waals surface area contributed by atoms with Crippen LogP contribution in [0.2, 0.25) is 0 Å². The van der Waals surface area contributed by atoms with Gasteiger partial charge in [0.1, 0.15) is 4.90 Å². The topological polar surface area (TPSA) is 63.4 Å². The summed E-state index contributed by atoms with van der Waals surface area (Å²) in [5.41, 5.74) is 6.24. The molecule has 1 rings (SSSR count). The van der Waals surface area contributed by atoms with Crippen LogP contribution in [0.5, 0.6) is 0 Å². The molecule has 0 aliphatic rings. The van der Waals surface area contributed by atoms with E-state index in [4.69, 9.17) is 12.2 Å². The first-order valence-corrected chi connectivity index (χ1v) is 6.94. The smallest absolute Gasteiger partial charge is 0.245 e. The highest BCUT2D eigenvalue weighted by molar-refractivity contribution is 7.89. The third-order valence-corrected chi connectivity index (χ3v) is 5.45. The van der Waals surface area contributed by atoms with Crippen LogP contribution in [0.4, 0.5) is 0 Å². The molecule has 0 fully saturated rings. The maximum atomic E-state index is 12.2. The summed E-state index contributed by atoms with van der Waals surface area (Å²) >= 11 is 1.36. The number of rotatable bonds is 4. The quantitative estimate of drug-likeness (QED) is 0.811. The van der Waals surface area contributed by atoms with E-state index in [-0.39, 0.29) is 13.1 Å². The zero-order chi connectivity index (χ0) is 12.3. The van der Waals surface area contributed by atoms with E-state index in [2.05, 4.69) is 5.92 Å². The lowest BCUT2D eigenvalue weighted by Gasteiger charge is -2.15. The van der Waals surface area contributed by atoms with Gasteiger partial charge >= 0.3 is 0 Å². The average molecular weight is 258 g/mol. The molecule has 0 saturated carbocycles. The number of thiophene rings is 1. The lowest BCUT2D eigenvalue weighted by Crippen LogP contribution is -2.28. The van der Waals surface area contributed by atoms with Gasteiger partial charge in [-0.05, 0) is 17.9 Å². The minimum absolute atomic E-state index is 0.0572. The molecule has 6 heteroatoms. The van der Waals surface area contributed by atoms with Gasteiger partial charge in [0.15, 0.2) is 0 Å². The number of hydrogen-bond donors (Lipinski definition) is 1. The molecule has 0 amide bonds. The zero-order valence-corrected chi connectivity index (χ0v) is 10.9. The highest BCUT2D eigenvalue weighted by Crippen LogP contribution is 2.28. The second-order valence-electron chi connectivity index (χ2n) is 3.34. The van der Waals surface area contributed by atoms with Crippen LogP contribution in [0.15, 0.2) is 10.3 Å². The normalized spacial score (nSPS) is 11.7. The highest BCUT2D eigenvalue weighted by atomic mass is 32.2. The van der Waals surface area contributed by atoms with Gasteiger partial charge in [0.25, 0.3) is 0 Å². The number of terminal acetylenes is 1. The fraction of sp³-hybridized carbons (Fsp3) is 0.400. The Bertz CT molecular complexity index is 511. The Morgan fingerprint density at radius 1 is 1.62 bits per heavy atom. The van der Waals surface area contributed by atoms with E-state index in [1.165, 1.54) is 18.4 Å². The Balaban J connectivity index is 3.27. The summed E-state index contributed by atoms with van der Waals surface area (Å²) < 4.78 is 25.5. The van der Waals surface area contributed by atoms with Crippen LogP contribution in [-0.4, -0.2) is 26.3 Å². The van der Waals surface area contributed by atoms with Crippen LogP contribution >= 0.6 is 11.3 Å². The van der Waals surface area contributed by atoms with E-state index in [0.29, 0.717) is 15.3 Å². The Morgan fingerprint density at radius 3 is 2.75 bits per heavy atom. The summed E-state index contributed by atoms with van der Waals surface area (Å²) in [6.07, 6.45) is 5.11. The summed E-state index contributed by atoms with van der Waals surface area (Å²) in [5.74, 6) is 2.31. The highest BCUT2D eigenvalue weighted by Gasteiger charge is 2.26. The van der Waals surface area contributed by atoms with Gasteiger partial charge in [-0.25, -0.2) is 8.42 Å². The van der Waals surface area contributed by atoms with Crippen molar-refractivity contribution in [3.63, 3.8) is 0 Å². The van der Waals surface area contributed by atoms with E-state index < -0.39 is 10.0 Å². The molecule has 16 heavy (non-hydrogen) atoms. The Morgan fingerprint density at radius 2 is 2.25 bits per heavy atom. The van der Waals surface area contributed by atoms with Crippen LogP contribution in [-0.2, 0) is 16.6 Å². The van der Waals surface area contributed by atoms with Gasteiger partial charge in [0.05, 0.1) is 6.54 Å². The predicted octanol–water partition coefficient (Wildman–Crippen LogP) is 0.769. The van der Waals surface area contributed by atoms with Gasteiger partial charge in [0, 0.05) is 18.5 Å². The van der Waals surface area contributed by atoms with Crippen molar-refractivity contribution >= 4 is 21.4 Å². The van der Waals surface area contributed by atoms with Crippen LogP contribution in [0, 0.1) is 19.3 Å². The van der Waals surface area contributed by atoms with Gasteiger partial charge in [-0.15, -0.1) is 17.8 Å². The van der Waals surface area contributed by atoms with E-state index in [1.54, 1.807) is 12.3 Å². The van der Waals surface area contributed by atoms with Crippen LogP contribution < -0.4 is 5.73 Å². The number of nitrogens with zero attached hydrogens (tertiary/aromatic N) is 1. The standard InChI is InChI=1S/C10H14N2O2S2/c1-4-5-12(3)16(13,14)10-8(2)7-15-9(10)6-11/h1,7H,5-6,11H2,2-3H3. The van der Waals surface area contributed by atoms with Gasteiger partial charge in [-0.3, -0.25) is 0 Å². The lowest BCUT2D eigenvalue weighted by molar-refractivity contribution is 0.502. The molecule has 0 atom stereocenters. The van der Waals surface area contributed by atoms with Crippen molar-refractivity contribution in [2.75, 3.05) is 13.6 Å². The van der Waals surface area contributed by atoms with Gasteiger partial charge in [-0.2, -0.15) is 4.31 Å². The first-order valence-electron chi connectivity index (χ1n) is 4.62. The fourth-order valence-corrected chi connectivity index (χ4v) is 4.07. The third-order valence-electron chi connectivity index (χ3n) is 2.16. The molecular formula is C10H14N2O2S2. The van der Waals surface area contributed by atoms with Gasteiger partial charge in [0.2, 0.25) is 10.0 Å². The number of sulfonamides is 1. The van der Waals surface area contributed by atoms with Crippen molar-refractivity contribution in [2.45, 2.75) is 18.4 Å². The average Bonchev–Trinajstić information content (AvgIpc) is 2.60. The second-order valence-corrected chi connectivity index (χ2v) is 6.29. The maximum Gasteiger partial charge on any atom is 0.245 e. The van der Waals surface area contributed by atoms with E-state index >= 15 is 0 Å². The second kappa shape index (κ2) is 4.97. The Kier molecular flexibility index (Phi) is 4.10. The molecule has 4 nitrogen and oxygen atoms in total. The summed E-state index contributed by atoms with van der Waals surface area (Å²) in [5, 5.41) is 1.79. The minimum Gasteiger partial charge on any atom is -0.326 e. The molecule has 0 unspecified atom stereocenters. The van der Waals surface area contributed by atoms with E-state index in [9.17, 15) is 8.42 Å². The molecule has 0 saturated heterocycles. The van der Waals surface area contributed by atoms with Crippen LogP contribution in [0.1, 0.15) is 10.4 Å². The fourth-order valence-electron chi connectivity index (χ4n) is 1.34. The summed E-state index contributed by atoms with van der Waals surface area (Å²) in [7, 11) is -2.05. The molecule has 2 N–H and O–H groups in total. The molecule has 0 aliphatic heterocycles. The molecule has 0 aromatic carbocycles. The molecule has 0 spiro atoms. The number of aryl methyl sites for hydroxylation is 1. The Hall–Kier alpha value is -0.870. The third kappa shape index (κ3) is 2.28. The SMILES string of the molecule is C#CCN(C)S(=O)(=O)c1c(C)csc1CN. The van der Waals surface area contributed by atoms with Crippen molar-refractivity contribution < 1.29 is 8.42 Å². The molecule has 1 aromatic rings. The molecule has 0 aliphatic carbocycles. The monoisotopic (exact) mass is 258 g/mol. The Labute approximate surface area is 100 Å². The van der Waals surface area contributed by atoms with Crippen LogP contribution in [0.3, 0.4) is 0 Å². The first-order chi connectivity index (χ1) is 7.45. The summed E-state index contributed by atoms with van der Waals surface area (Å²) in [4.78, 5) is 0.971. The zero-order valence-electron chi connectivity index (χ0n) is 9.23. The van der Waals surface area contributed by atoms with Crippen molar-refractivity contribution in [3.05, 3.63) is 15.8 Å².